The van der Waals surface area contributed by atoms with Gasteiger partial charge in [0.05, 0.1) is 30.5 Å². The van der Waals surface area contributed by atoms with Gasteiger partial charge in [-0.1, -0.05) is 13.8 Å². The summed E-state index contributed by atoms with van der Waals surface area (Å²) in [7, 11) is 0. The minimum atomic E-state index is -0.0178. The summed E-state index contributed by atoms with van der Waals surface area (Å²) < 4.78 is 11.7. The van der Waals surface area contributed by atoms with Crippen LogP contribution >= 0.6 is 11.3 Å². The predicted octanol–water partition coefficient (Wildman–Crippen LogP) is 3.15. The van der Waals surface area contributed by atoms with Gasteiger partial charge in [-0.25, -0.2) is 15.0 Å². The molecule has 1 fully saturated rings. The van der Waals surface area contributed by atoms with Gasteiger partial charge in [0, 0.05) is 23.7 Å². The summed E-state index contributed by atoms with van der Waals surface area (Å²) in [6.07, 6.45) is 2.79. The zero-order valence-electron chi connectivity index (χ0n) is 14.4. The molecule has 0 radical (unpaired) electrons. The third-order valence-electron chi connectivity index (χ3n) is 4.11. The van der Waals surface area contributed by atoms with E-state index in [1.165, 1.54) is 0 Å². The van der Waals surface area contributed by atoms with E-state index >= 15 is 0 Å². The Morgan fingerprint density at radius 1 is 1.42 bits per heavy atom. The van der Waals surface area contributed by atoms with Gasteiger partial charge in [-0.05, 0) is 19.3 Å². The molecule has 0 unspecified atom stereocenters. The van der Waals surface area contributed by atoms with Crippen LogP contribution in [0.3, 0.4) is 0 Å². The standard InChI is InChI=1S/C17H24N4O2S/c1-11(2)14-6-18-12(3)20-17(14)21-15-4-5-22-8-16(15)23-7-13-9-24-10-19-13/h6,9-11,15-16H,4-5,7-8H2,1-3H3,(H,18,20,21)/t15-,16-/m1/s1. The Morgan fingerprint density at radius 3 is 3.04 bits per heavy atom. The molecule has 2 aromatic heterocycles. The van der Waals surface area contributed by atoms with Gasteiger partial charge in [0.15, 0.2) is 0 Å². The highest BCUT2D eigenvalue weighted by Crippen LogP contribution is 2.25. The number of hydrogen-bond donors (Lipinski definition) is 1. The predicted molar refractivity (Wildman–Crippen MR) is 94.4 cm³/mol. The summed E-state index contributed by atoms with van der Waals surface area (Å²) >= 11 is 1.58. The van der Waals surface area contributed by atoms with Crippen molar-refractivity contribution in [2.45, 2.75) is 51.9 Å². The number of thiazole rings is 1. The Labute approximate surface area is 146 Å². The lowest BCUT2D eigenvalue weighted by Crippen LogP contribution is -2.44. The molecule has 0 spiro atoms. The van der Waals surface area contributed by atoms with Crippen molar-refractivity contribution < 1.29 is 9.47 Å². The van der Waals surface area contributed by atoms with Gasteiger partial charge in [-0.15, -0.1) is 11.3 Å². The number of nitrogens with one attached hydrogen (secondary N) is 1. The summed E-state index contributed by atoms with van der Waals surface area (Å²) in [5, 5.41) is 5.59. The van der Waals surface area contributed by atoms with Gasteiger partial charge in [-0.3, -0.25) is 0 Å². The largest absolute Gasteiger partial charge is 0.379 e. The van der Waals surface area contributed by atoms with Crippen molar-refractivity contribution in [3.8, 4) is 0 Å². The number of ether oxygens (including phenoxy) is 2. The van der Waals surface area contributed by atoms with Crippen LogP contribution in [0, 0.1) is 6.92 Å². The van der Waals surface area contributed by atoms with E-state index in [2.05, 4.69) is 34.1 Å². The highest BCUT2D eigenvalue weighted by atomic mass is 32.1. The maximum atomic E-state index is 6.06. The highest BCUT2D eigenvalue weighted by Gasteiger charge is 2.28. The fourth-order valence-electron chi connectivity index (χ4n) is 2.74. The number of aryl methyl sites for hydroxylation is 1. The van der Waals surface area contributed by atoms with Crippen LogP contribution in [-0.4, -0.2) is 40.3 Å². The van der Waals surface area contributed by atoms with Crippen molar-refractivity contribution in [1.29, 1.82) is 0 Å². The molecule has 0 amide bonds. The first kappa shape index (κ1) is 17.3. The average molecular weight is 348 g/mol. The van der Waals surface area contributed by atoms with Crippen LogP contribution in [0.2, 0.25) is 0 Å². The molecule has 0 bridgehead atoms. The molecule has 0 aromatic carbocycles. The van der Waals surface area contributed by atoms with E-state index in [4.69, 9.17) is 9.47 Å². The van der Waals surface area contributed by atoms with Crippen molar-refractivity contribution in [3.63, 3.8) is 0 Å². The number of rotatable bonds is 6. The van der Waals surface area contributed by atoms with Gasteiger partial charge >= 0.3 is 0 Å². The minimum Gasteiger partial charge on any atom is -0.379 e. The van der Waals surface area contributed by atoms with E-state index in [-0.39, 0.29) is 12.1 Å². The Balaban J connectivity index is 1.70. The van der Waals surface area contributed by atoms with Gasteiger partial charge < -0.3 is 14.8 Å². The Kier molecular flexibility index (Phi) is 5.76. The van der Waals surface area contributed by atoms with Crippen LogP contribution in [0.25, 0.3) is 0 Å². The van der Waals surface area contributed by atoms with Crippen LogP contribution in [0.15, 0.2) is 17.1 Å². The summed E-state index contributed by atoms with van der Waals surface area (Å²) in [5.41, 5.74) is 3.92. The SMILES string of the molecule is Cc1ncc(C(C)C)c(N[C@@H]2CCOC[C@H]2OCc2cscn2)n1. The third-order valence-corrected chi connectivity index (χ3v) is 4.75. The van der Waals surface area contributed by atoms with Gasteiger partial charge in [-0.2, -0.15) is 0 Å². The summed E-state index contributed by atoms with van der Waals surface area (Å²) in [5.74, 6) is 2.04. The van der Waals surface area contributed by atoms with Crippen LogP contribution in [-0.2, 0) is 16.1 Å². The summed E-state index contributed by atoms with van der Waals surface area (Å²) in [6.45, 7) is 8.04. The van der Waals surface area contributed by atoms with E-state index in [0.29, 0.717) is 19.1 Å². The quantitative estimate of drug-likeness (QED) is 0.865. The van der Waals surface area contributed by atoms with E-state index in [1.807, 2.05) is 24.0 Å². The maximum Gasteiger partial charge on any atom is 0.133 e. The van der Waals surface area contributed by atoms with Gasteiger partial charge in [0.2, 0.25) is 0 Å². The van der Waals surface area contributed by atoms with Crippen molar-refractivity contribution in [2.75, 3.05) is 18.5 Å². The second kappa shape index (κ2) is 8.00. The molecule has 2 atom stereocenters. The molecule has 1 aliphatic heterocycles. The van der Waals surface area contributed by atoms with E-state index in [0.717, 1.165) is 35.9 Å². The summed E-state index contributed by atoms with van der Waals surface area (Å²) in [4.78, 5) is 13.2. The molecule has 7 heteroatoms. The molecule has 1 saturated heterocycles. The molecule has 24 heavy (non-hydrogen) atoms. The normalized spacial score (nSPS) is 21.2. The van der Waals surface area contributed by atoms with Crippen LogP contribution in [0.1, 0.15) is 43.3 Å². The smallest absolute Gasteiger partial charge is 0.133 e. The fraction of sp³-hybridized carbons (Fsp3) is 0.588. The van der Waals surface area contributed by atoms with E-state index in [9.17, 15) is 0 Å². The molecule has 130 valence electrons. The molecule has 3 rings (SSSR count). The first-order chi connectivity index (χ1) is 11.6. The van der Waals surface area contributed by atoms with Crippen molar-refractivity contribution in [2.24, 2.45) is 0 Å². The van der Waals surface area contributed by atoms with E-state index in [1.54, 1.807) is 11.3 Å². The van der Waals surface area contributed by atoms with Crippen LogP contribution in [0.4, 0.5) is 5.82 Å². The monoisotopic (exact) mass is 348 g/mol. The number of hydrogen-bond acceptors (Lipinski definition) is 7. The molecule has 1 N–H and O–H groups in total. The number of anilines is 1. The van der Waals surface area contributed by atoms with Crippen LogP contribution < -0.4 is 5.32 Å². The zero-order chi connectivity index (χ0) is 16.9. The topological polar surface area (TPSA) is 69.2 Å². The molecule has 3 heterocycles. The lowest BCUT2D eigenvalue weighted by atomic mass is 10.0. The average Bonchev–Trinajstić information content (AvgIpc) is 3.07. The maximum absolute atomic E-state index is 6.06. The van der Waals surface area contributed by atoms with Gasteiger partial charge in [0.1, 0.15) is 17.7 Å². The van der Waals surface area contributed by atoms with Crippen molar-refractivity contribution in [1.82, 2.24) is 15.0 Å². The number of nitrogens with zero attached hydrogens (tertiary/aromatic N) is 3. The molecule has 6 nitrogen and oxygen atoms in total. The third kappa shape index (κ3) is 4.28. The molecule has 0 aliphatic carbocycles. The van der Waals surface area contributed by atoms with Crippen LogP contribution in [0.5, 0.6) is 0 Å². The van der Waals surface area contributed by atoms with Crippen molar-refractivity contribution >= 4 is 17.2 Å². The molecular weight excluding hydrogens is 324 g/mol. The second-order valence-corrected chi connectivity index (χ2v) is 7.04. The first-order valence-corrected chi connectivity index (χ1v) is 9.24. The highest BCUT2D eigenvalue weighted by molar-refractivity contribution is 7.07. The van der Waals surface area contributed by atoms with E-state index < -0.39 is 0 Å². The molecule has 2 aromatic rings. The lowest BCUT2D eigenvalue weighted by molar-refractivity contribution is -0.0644. The van der Waals surface area contributed by atoms with Gasteiger partial charge in [0.25, 0.3) is 0 Å². The second-order valence-electron chi connectivity index (χ2n) is 6.32. The number of aromatic nitrogens is 3. The zero-order valence-corrected chi connectivity index (χ0v) is 15.2. The fourth-order valence-corrected chi connectivity index (χ4v) is 3.28. The first-order valence-electron chi connectivity index (χ1n) is 8.30. The molecular formula is C17H24N4O2S. The summed E-state index contributed by atoms with van der Waals surface area (Å²) in [6, 6.07) is 0.171. The Bertz CT molecular complexity index is 648. The molecule has 0 saturated carbocycles. The lowest BCUT2D eigenvalue weighted by Gasteiger charge is -2.33. The molecule has 1 aliphatic rings. The Hall–Kier alpha value is -1.57. The van der Waals surface area contributed by atoms with Crippen molar-refractivity contribution in [3.05, 3.63) is 34.2 Å². The minimum absolute atomic E-state index is 0.0178. The Morgan fingerprint density at radius 2 is 2.29 bits per heavy atom.